The number of carbonyl (C=O) groups excluding carboxylic acids is 2. The van der Waals surface area contributed by atoms with E-state index in [4.69, 9.17) is 4.74 Å². The molecule has 26 heavy (non-hydrogen) atoms. The molecule has 142 valence electrons. The summed E-state index contributed by atoms with van der Waals surface area (Å²) in [5, 5.41) is 5.40. The molecule has 3 amide bonds. The van der Waals surface area contributed by atoms with E-state index in [1.54, 1.807) is 19.2 Å². The van der Waals surface area contributed by atoms with Crippen molar-refractivity contribution in [3.63, 3.8) is 0 Å². The number of para-hydroxylation sites is 2. The van der Waals surface area contributed by atoms with E-state index in [-0.39, 0.29) is 29.3 Å². The minimum absolute atomic E-state index is 0.00778. The van der Waals surface area contributed by atoms with Crippen LogP contribution in [0.15, 0.2) is 24.3 Å². The Bertz CT molecular complexity index is 703. The number of fused-ring (bicyclic) bond motifs is 2. The molecule has 1 saturated heterocycles. The topological polar surface area (TPSA) is 70.7 Å². The molecule has 1 aromatic rings. The fourth-order valence-corrected chi connectivity index (χ4v) is 4.92. The molecule has 3 rings (SSSR count). The minimum atomic E-state index is -0.406. The molecule has 2 atom stereocenters. The lowest BCUT2D eigenvalue weighted by atomic mass is 9.65. The quantitative estimate of drug-likeness (QED) is 0.867. The van der Waals surface area contributed by atoms with Gasteiger partial charge in [-0.15, -0.1) is 0 Å². The lowest BCUT2D eigenvalue weighted by Crippen LogP contribution is -2.44. The Morgan fingerprint density at radius 1 is 1.23 bits per heavy atom. The standard InChI is InChI=1S/C20H29N3O3/c1-19(2)9-14-10-20(3,12-19)13-23(14)17(24)11-21-18(25)22-15-7-5-6-8-16(15)26-4/h5-8,14H,9-13H2,1-4H3,(H2,21,22,25). The summed E-state index contributed by atoms with van der Waals surface area (Å²) in [6, 6.07) is 7.06. The highest BCUT2D eigenvalue weighted by atomic mass is 16.5. The molecule has 2 unspecified atom stereocenters. The number of amides is 3. The Balaban J connectivity index is 1.55. The van der Waals surface area contributed by atoms with E-state index in [0.717, 1.165) is 25.8 Å². The average molecular weight is 359 g/mol. The van der Waals surface area contributed by atoms with E-state index in [9.17, 15) is 9.59 Å². The first-order valence-electron chi connectivity index (χ1n) is 9.19. The summed E-state index contributed by atoms with van der Waals surface area (Å²) in [4.78, 5) is 26.8. The first-order chi connectivity index (χ1) is 12.2. The van der Waals surface area contributed by atoms with Gasteiger partial charge in [-0.1, -0.05) is 32.9 Å². The number of benzene rings is 1. The Labute approximate surface area is 155 Å². The van der Waals surface area contributed by atoms with Crippen molar-refractivity contribution in [1.82, 2.24) is 10.2 Å². The highest BCUT2D eigenvalue weighted by molar-refractivity contribution is 5.93. The van der Waals surface area contributed by atoms with Crippen molar-refractivity contribution in [2.75, 3.05) is 25.5 Å². The van der Waals surface area contributed by atoms with E-state index in [0.29, 0.717) is 11.4 Å². The molecule has 1 aliphatic heterocycles. The van der Waals surface area contributed by atoms with Crippen LogP contribution in [0.3, 0.4) is 0 Å². The molecule has 6 nitrogen and oxygen atoms in total. The maximum absolute atomic E-state index is 12.7. The zero-order valence-corrected chi connectivity index (χ0v) is 16.1. The SMILES string of the molecule is COc1ccccc1NC(=O)NCC(=O)N1CC2(C)CC1CC(C)(C)C2. The van der Waals surface area contributed by atoms with Crippen molar-refractivity contribution in [3.05, 3.63) is 24.3 Å². The van der Waals surface area contributed by atoms with Crippen molar-refractivity contribution in [2.24, 2.45) is 10.8 Å². The van der Waals surface area contributed by atoms with Crippen LogP contribution in [-0.2, 0) is 4.79 Å². The highest BCUT2D eigenvalue weighted by Gasteiger charge is 2.50. The van der Waals surface area contributed by atoms with Crippen LogP contribution >= 0.6 is 0 Å². The van der Waals surface area contributed by atoms with Crippen molar-refractivity contribution in [1.29, 1.82) is 0 Å². The van der Waals surface area contributed by atoms with E-state index >= 15 is 0 Å². The molecule has 1 saturated carbocycles. The third kappa shape index (κ3) is 3.94. The van der Waals surface area contributed by atoms with Crippen LogP contribution in [0, 0.1) is 10.8 Å². The van der Waals surface area contributed by atoms with Crippen molar-refractivity contribution in [3.8, 4) is 5.75 Å². The van der Waals surface area contributed by atoms with E-state index in [2.05, 4.69) is 31.4 Å². The summed E-state index contributed by atoms with van der Waals surface area (Å²) >= 11 is 0. The van der Waals surface area contributed by atoms with Crippen LogP contribution in [0.1, 0.15) is 40.0 Å². The number of methoxy groups -OCH3 is 1. The summed E-state index contributed by atoms with van der Waals surface area (Å²) < 4.78 is 5.21. The van der Waals surface area contributed by atoms with Gasteiger partial charge in [0.2, 0.25) is 5.91 Å². The van der Waals surface area contributed by atoms with Crippen LogP contribution in [-0.4, -0.2) is 43.1 Å². The smallest absolute Gasteiger partial charge is 0.319 e. The molecule has 1 heterocycles. The fraction of sp³-hybridized carbons (Fsp3) is 0.600. The summed E-state index contributed by atoms with van der Waals surface area (Å²) in [6.45, 7) is 7.63. The van der Waals surface area contributed by atoms with Gasteiger partial charge in [0.25, 0.3) is 0 Å². The summed E-state index contributed by atoms with van der Waals surface area (Å²) in [5.74, 6) is 0.573. The molecule has 2 aliphatic rings. The number of hydrogen-bond donors (Lipinski definition) is 2. The number of nitrogens with one attached hydrogen (secondary N) is 2. The molecule has 0 radical (unpaired) electrons. The monoisotopic (exact) mass is 359 g/mol. The van der Waals surface area contributed by atoms with Gasteiger partial charge in [-0.2, -0.15) is 0 Å². The van der Waals surface area contributed by atoms with Gasteiger partial charge in [-0.25, -0.2) is 4.79 Å². The Kier molecular flexibility index (Phi) is 4.86. The molecular weight excluding hydrogens is 330 g/mol. The van der Waals surface area contributed by atoms with Crippen molar-refractivity contribution < 1.29 is 14.3 Å². The highest BCUT2D eigenvalue weighted by Crippen LogP contribution is 2.52. The average Bonchev–Trinajstić information content (AvgIpc) is 2.82. The minimum Gasteiger partial charge on any atom is -0.495 e. The Hall–Kier alpha value is -2.24. The number of ether oxygens (including phenoxy) is 1. The summed E-state index contributed by atoms with van der Waals surface area (Å²) in [6.07, 6.45) is 3.24. The number of hydrogen-bond acceptors (Lipinski definition) is 3. The number of likely N-dealkylation sites (tertiary alicyclic amines) is 1. The van der Waals surface area contributed by atoms with Crippen LogP contribution < -0.4 is 15.4 Å². The predicted octanol–water partition coefficient (Wildman–Crippen LogP) is 3.24. The number of rotatable bonds is 4. The molecular formula is C20H29N3O3. The molecule has 1 aromatic carbocycles. The lowest BCUT2D eigenvalue weighted by molar-refractivity contribution is -0.131. The second-order valence-corrected chi connectivity index (χ2v) is 8.74. The molecule has 2 N–H and O–H groups in total. The molecule has 0 spiro atoms. The second-order valence-electron chi connectivity index (χ2n) is 8.74. The van der Waals surface area contributed by atoms with Gasteiger partial charge in [-0.05, 0) is 42.2 Å². The van der Waals surface area contributed by atoms with Crippen molar-refractivity contribution in [2.45, 2.75) is 46.1 Å². The zero-order valence-electron chi connectivity index (χ0n) is 16.1. The van der Waals surface area contributed by atoms with Gasteiger partial charge in [0.05, 0.1) is 19.3 Å². The number of nitrogens with zero attached hydrogens (tertiary/aromatic N) is 1. The van der Waals surface area contributed by atoms with Gasteiger partial charge in [0.15, 0.2) is 0 Å². The van der Waals surface area contributed by atoms with E-state index in [1.807, 2.05) is 17.0 Å². The Morgan fingerprint density at radius 2 is 1.96 bits per heavy atom. The van der Waals surface area contributed by atoms with Gasteiger partial charge in [0.1, 0.15) is 5.75 Å². The maximum atomic E-state index is 12.7. The van der Waals surface area contributed by atoms with Gasteiger partial charge >= 0.3 is 6.03 Å². The zero-order chi connectivity index (χ0) is 18.9. The van der Waals surface area contributed by atoms with Gasteiger partial charge < -0.3 is 20.3 Å². The first kappa shape index (κ1) is 18.5. The largest absolute Gasteiger partial charge is 0.495 e. The van der Waals surface area contributed by atoms with Crippen LogP contribution in [0.2, 0.25) is 0 Å². The van der Waals surface area contributed by atoms with Gasteiger partial charge in [-0.3, -0.25) is 4.79 Å². The fourth-order valence-electron chi connectivity index (χ4n) is 4.92. The van der Waals surface area contributed by atoms with Crippen molar-refractivity contribution >= 4 is 17.6 Å². The Morgan fingerprint density at radius 3 is 2.69 bits per heavy atom. The molecule has 0 aromatic heterocycles. The second kappa shape index (κ2) is 6.82. The summed E-state index contributed by atoms with van der Waals surface area (Å²) in [5.41, 5.74) is 1.04. The predicted molar refractivity (Wildman–Crippen MR) is 101 cm³/mol. The molecule has 2 fully saturated rings. The maximum Gasteiger partial charge on any atom is 0.319 e. The molecule has 1 aliphatic carbocycles. The molecule has 6 heteroatoms. The molecule has 2 bridgehead atoms. The third-order valence-electron chi connectivity index (χ3n) is 5.49. The summed E-state index contributed by atoms with van der Waals surface area (Å²) in [7, 11) is 1.55. The number of anilines is 1. The van der Waals surface area contributed by atoms with E-state index in [1.165, 1.54) is 0 Å². The normalized spacial score (nSPS) is 26.3. The first-order valence-corrected chi connectivity index (χ1v) is 9.19. The number of carbonyl (C=O) groups is 2. The van der Waals surface area contributed by atoms with Gasteiger partial charge in [0, 0.05) is 12.6 Å². The van der Waals surface area contributed by atoms with Crippen LogP contribution in [0.25, 0.3) is 0 Å². The lowest BCUT2D eigenvalue weighted by Gasteiger charge is -2.39. The van der Waals surface area contributed by atoms with Crippen LogP contribution in [0.5, 0.6) is 5.75 Å². The van der Waals surface area contributed by atoms with E-state index < -0.39 is 6.03 Å². The third-order valence-corrected chi connectivity index (χ3v) is 5.49. The van der Waals surface area contributed by atoms with Crippen LogP contribution in [0.4, 0.5) is 10.5 Å². The number of urea groups is 1.